The number of benzene rings is 2. The zero-order valence-electron chi connectivity index (χ0n) is 9.16. The van der Waals surface area contributed by atoms with Crippen LogP contribution >= 0.6 is 11.6 Å². The number of halogens is 3. The third kappa shape index (κ3) is 2.50. The molecule has 2 rings (SSSR count). The number of fused-ring (bicyclic) bond motifs is 1. The number of hydrogen-bond donors (Lipinski definition) is 0. The van der Waals surface area contributed by atoms with Gasteiger partial charge in [0.1, 0.15) is 11.1 Å². The largest absolute Gasteiger partial charge is 0.497 e. The third-order valence-electron chi connectivity index (χ3n) is 2.61. The quantitative estimate of drug-likeness (QED) is 0.740. The van der Waals surface area contributed by atoms with Crippen LogP contribution in [0.3, 0.4) is 0 Å². The highest BCUT2D eigenvalue weighted by Gasteiger charge is 2.19. The third-order valence-corrected chi connectivity index (χ3v) is 3.05. The van der Waals surface area contributed by atoms with Crippen molar-refractivity contribution in [2.24, 2.45) is 0 Å². The first-order valence-electron chi connectivity index (χ1n) is 5.12. The van der Waals surface area contributed by atoms with E-state index in [2.05, 4.69) is 0 Å². The molecule has 0 radical (unpaired) electrons. The Bertz CT molecular complexity index is 528. The van der Waals surface area contributed by atoms with Gasteiger partial charge < -0.3 is 4.74 Å². The summed E-state index contributed by atoms with van der Waals surface area (Å²) in [6, 6.07) is 10.5. The molecule has 90 valence electrons. The van der Waals surface area contributed by atoms with E-state index in [0.717, 1.165) is 16.5 Å². The molecule has 4 heteroatoms. The molecule has 0 heterocycles. The summed E-state index contributed by atoms with van der Waals surface area (Å²) in [6.45, 7) is 0. The lowest BCUT2D eigenvalue weighted by molar-refractivity contribution is 0.143. The first-order chi connectivity index (χ1) is 8.11. The zero-order chi connectivity index (χ0) is 12.4. The van der Waals surface area contributed by atoms with Gasteiger partial charge >= 0.3 is 0 Å². The Hall–Kier alpha value is -1.35. The van der Waals surface area contributed by atoms with Crippen LogP contribution in [0.4, 0.5) is 8.78 Å². The van der Waals surface area contributed by atoms with Crippen LogP contribution in [0.1, 0.15) is 10.9 Å². The molecule has 1 nitrogen and oxygen atoms in total. The predicted molar refractivity (Wildman–Crippen MR) is 65.1 cm³/mol. The molecule has 0 N–H and O–H groups in total. The van der Waals surface area contributed by atoms with Crippen molar-refractivity contribution in [3.05, 3.63) is 42.0 Å². The SMILES string of the molecule is COc1ccc2cc(C(Cl)C(F)F)ccc2c1. The Labute approximate surface area is 103 Å². The molecular formula is C13H11ClF2O. The second kappa shape index (κ2) is 4.88. The van der Waals surface area contributed by atoms with E-state index in [-0.39, 0.29) is 0 Å². The lowest BCUT2D eigenvalue weighted by Crippen LogP contribution is -2.01. The van der Waals surface area contributed by atoms with E-state index in [1.807, 2.05) is 12.1 Å². The zero-order valence-corrected chi connectivity index (χ0v) is 9.92. The monoisotopic (exact) mass is 256 g/mol. The molecule has 0 amide bonds. The molecule has 0 spiro atoms. The molecule has 0 saturated carbocycles. The highest BCUT2D eigenvalue weighted by atomic mass is 35.5. The molecule has 0 bridgehead atoms. The van der Waals surface area contributed by atoms with Gasteiger partial charge in [-0.05, 0) is 34.5 Å². The number of hydrogen-bond acceptors (Lipinski definition) is 1. The van der Waals surface area contributed by atoms with Crippen LogP contribution in [0.5, 0.6) is 5.75 Å². The first kappa shape index (κ1) is 12.1. The summed E-state index contributed by atoms with van der Waals surface area (Å²) in [7, 11) is 1.58. The fourth-order valence-electron chi connectivity index (χ4n) is 1.69. The molecule has 0 aliphatic heterocycles. The van der Waals surface area contributed by atoms with Crippen LogP contribution < -0.4 is 4.74 Å². The minimum atomic E-state index is -2.56. The van der Waals surface area contributed by atoms with Crippen molar-refractivity contribution in [2.45, 2.75) is 11.8 Å². The number of methoxy groups -OCH3 is 1. The lowest BCUT2D eigenvalue weighted by atomic mass is 10.0. The van der Waals surface area contributed by atoms with E-state index in [0.29, 0.717) is 5.56 Å². The van der Waals surface area contributed by atoms with Crippen molar-refractivity contribution in [3.63, 3.8) is 0 Å². The number of ether oxygens (including phenoxy) is 1. The Kier molecular flexibility index (Phi) is 3.48. The Morgan fingerprint density at radius 2 is 1.71 bits per heavy atom. The Morgan fingerprint density at radius 1 is 1.06 bits per heavy atom. The van der Waals surface area contributed by atoms with Crippen molar-refractivity contribution in [2.75, 3.05) is 7.11 Å². The normalized spacial score (nSPS) is 13.0. The van der Waals surface area contributed by atoms with Crippen molar-refractivity contribution < 1.29 is 13.5 Å². The van der Waals surface area contributed by atoms with Crippen LogP contribution in [-0.2, 0) is 0 Å². The van der Waals surface area contributed by atoms with Crippen LogP contribution in [0.15, 0.2) is 36.4 Å². The van der Waals surface area contributed by atoms with Gasteiger partial charge in [-0.1, -0.05) is 18.2 Å². The molecule has 2 aromatic carbocycles. The van der Waals surface area contributed by atoms with Crippen molar-refractivity contribution in [1.29, 1.82) is 0 Å². The van der Waals surface area contributed by atoms with Crippen molar-refractivity contribution in [3.8, 4) is 5.75 Å². The minimum absolute atomic E-state index is 0.430. The molecule has 0 aromatic heterocycles. The summed E-state index contributed by atoms with van der Waals surface area (Å²) in [5.41, 5.74) is 0.430. The van der Waals surface area contributed by atoms with Gasteiger partial charge in [0.05, 0.1) is 7.11 Å². The lowest BCUT2D eigenvalue weighted by Gasteiger charge is -2.10. The van der Waals surface area contributed by atoms with Gasteiger partial charge in [-0.25, -0.2) is 8.78 Å². The fraction of sp³-hybridized carbons (Fsp3) is 0.231. The molecule has 0 fully saturated rings. The van der Waals surface area contributed by atoms with E-state index >= 15 is 0 Å². The number of alkyl halides is 3. The Morgan fingerprint density at radius 3 is 2.35 bits per heavy atom. The van der Waals surface area contributed by atoms with Crippen LogP contribution in [0, 0.1) is 0 Å². The van der Waals surface area contributed by atoms with Gasteiger partial charge in [-0.2, -0.15) is 0 Å². The molecule has 0 saturated heterocycles. The second-order valence-corrected chi connectivity index (χ2v) is 4.18. The molecule has 1 atom stereocenters. The maximum absolute atomic E-state index is 12.5. The summed E-state index contributed by atoms with van der Waals surface area (Å²) >= 11 is 5.63. The molecule has 0 aliphatic rings. The van der Waals surface area contributed by atoms with E-state index in [4.69, 9.17) is 16.3 Å². The Balaban J connectivity index is 2.44. The van der Waals surface area contributed by atoms with Crippen LogP contribution in [0.25, 0.3) is 10.8 Å². The van der Waals surface area contributed by atoms with E-state index < -0.39 is 11.8 Å². The van der Waals surface area contributed by atoms with Gasteiger partial charge in [-0.3, -0.25) is 0 Å². The second-order valence-electron chi connectivity index (χ2n) is 3.71. The van der Waals surface area contributed by atoms with Crippen LogP contribution in [0.2, 0.25) is 0 Å². The molecule has 1 unspecified atom stereocenters. The molecule has 17 heavy (non-hydrogen) atoms. The standard InChI is InChI=1S/C13H11ClF2O/c1-17-11-5-4-8-6-10(12(14)13(15)16)3-2-9(8)7-11/h2-7,12-13H,1H3. The van der Waals surface area contributed by atoms with Gasteiger partial charge in [0.25, 0.3) is 6.43 Å². The topological polar surface area (TPSA) is 9.23 Å². The smallest absolute Gasteiger partial charge is 0.258 e. The maximum atomic E-state index is 12.5. The highest BCUT2D eigenvalue weighted by molar-refractivity contribution is 6.21. The maximum Gasteiger partial charge on any atom is 0.258 e. The summed E-state index contributed by atoms with van der Waals surface area (Å²) in [4.78, 5) is 0. The summed E-state index contributed by atoms with van der Waals surface area (Å²) < 4.78 is 30.1. The van der Waals surface area contributed by atoms with E-state index in [9.17, 15) is 8.78 Å². The van der Waals surface area contributed by atoms with Gasteiger partial charge in [0, 0.05) is 0 Å². The van der Waals surface area contributed by atoms with Crippen molar-refractivity contribution in [1.82, 2.24) is 0 Å². The van der Waals surface area contributed by atoms with E-state index in [1.165, 1.54) is 0 Å². The predicted octanol–water partition coefficient (Wildman–Crippen LogP) is 4.39. The highest BCUT2D eigenvalue weighted by Crippen LogP contribution is 2.30. The molecule has 2 aromatic rings. The van der Waals surface area contributed by atoms with E-state index in [1.54, 1.807) is 31.4 Å². The van der Waals surface area contributed by atoms with Crippen LogP contribution in [-0.4, -0.2) is 13.5 Å². The first-order valence-corrected chi connectivity index (χ1v) is 5.55. The number of rotatable bonds is 3. The summed E-state index contributed by atoms with van der Waals surface area (Å²) in [5, 5.41) is 0.544. The summed E-state index contributed by atoms with van der Waals surface area (Å²) in [6.07, 6.45) is -2.56. The average molecular weight is 257 g/mol. The minimum Gasteiger partial charge on any atom is -0.497 e. The summed E-state index contributed by atoms with van der Waals surface area (Å²) in [5.74, 6) is 0.738. The van der Waals surface area contributed by atoms with Gasteiger partial charge in [0.15, 0.2) is 0 Å². The van der Waals surface area contributed by atoms with Gasteiger partial charge in [0.2, 0.25) is 0 Å². The molecule has 0 aliphatic carbocycles. The van der Waals surface area contributed by atoms with Gasteiger partial charge in [-0.15, -0.1) is 11.6 Å². The average Bonchev–Trinajstić information content (AvgIpc) is 2.36. The van der Waals surface area contributed by atoms with Crippen molar-refractivity contribution >= 4 is 22.4 Å². The molecular weight excluding hydrogens is 246 g/mol. The fourth-order valence-corrected chi connectivity index (χ4v) is 1.82.